The molecular weight excluding hydrogens is 476 g/mol. The normalized spacial score (nSPS) is 21.4. The monoisotopic (exact) mass is 512 g/mol. The second-order valence-electron chi connectivity index (χ2n) is 11.8. The first kappa shape index (κ1) is 26.5. The van der Waals surface area contributed by atoms with Gasteiger partial charge in [-0.1, -0.05) is 46.2 Å². The van der Waals surface area contributed by atoms with Gasteiger partial charge in [0.1, 0.15) is 5.75 Å². The first-order valence-corrected chi connectivity index (χ1v) is 13.2. The van der Waals surface area contributed by atoms with E-state index in [1.54, 1.807) is 25.2 Å². The van der Waals surface area contributed by atoms with E-state index in [4.69, 9.17) is 16.3 Å². The lowest BCUT2D eigenvalue weighted by atomic mass is 9.63. The number of ketones is 2. The van der Waals surface area contributed by atoms with Crippen molar-refractivity contribution in [2.24, 2.45) is 10.8 Å². The summed E-state index contributed by atoms with van der Waals surface area (Å²) in [7, 11) is 1.55. The van der Waals surface area contributed by atoms with Crippen LogP contribution in [0, 0.1) is 10.8 Å². The molecule has 0 saturated heterocycles. The number of Topliss-reactive ketones (excluding diaryl/α,β-unsaturated/α-hetero) is 2. The summed E-state index contributed by atoms with van der Waals surface area (Å²) < 4.78 is 5.93. The molecule has 0 saturated carbocycles. The Morgan fingerprint density at radius 3 is 2.08 bits per heavy atom. The van der Waals surface area contributed by atoms with Gasteiger partial charge in [-0.05, 0) is 48.3 Å². The summed E-state index contributed by atoms with van der Waals surface area (Å²) in [6.07, 6.45) is 3.24. The van der Waals surface area contributed by atoms with Crippen LogP contribution in [0.3, 0.4) is 0 Å². The van der Waals surface area contributed by atoms with Gasteiger partial charge >= 0.3 is 0 Å². The lowest BCUT2D eigenvalue weighted by Gasteiger charge is -2.49. The zero-order valence-corrected chi connectivity index (χ0v) is 23.0. The van der Waals surface area contributed by atoms with Crippen molar-refractivity contribution in [3.8, 4) is 5.75 Å². The number of carbonyl (C=O) groups excluding carboxylic acids is 3. The summed E-state index contributed by atoms with van der Waals surface area (Å²) in [4.78, 5) is 41.9. The molecule has 0 spiro atoms. The molecule has 0 bridgehead atoms. The second-order valence-corrected chi connectivity index (χ2v) is 12.3. The third-order valence-electron chi connectivity index (χ3n) is 7.39. The van der Waals surface area contributed by atoms with Gasteiger partial charge in [-0.2, -0.15) is 0 Å². The average molecular weight is 513 g/mol. The van der Waals surface area contributed by atoms with Crippen LogP contribution in [0.25, 0.3) is 0 Å². The molecule has 2 aliphatic carbocycles. The fraction of sp³-hybridized carbons (Fsp3) is 0.552. The Labute approximate surface area is 219 Å². The number of benzene rings is 1. The minimum atomic E-state index is -0.561. The summed E-state index contributed by atoms with van der Waals surface area (Å²) in [6.45, 7) is 11.2. The van der Waals surface area contributed by atoms with Crippen LogP contribution in [0.2, 0.25) is 5.02 Å². The van der Waals surface area contributed by atoms with Gasteiger partial charge in [0.2, 0.25) is 0 Å². The van der Waals surface area contributed by atoms with Crippen LogP contribution in [0.15, 0.2) is 40.7 Å². The molecule has 1 aromatic rings. The van der Waals surface area contributed by atoms with Gasteiger partial charge in [-0.3, -0.25) is 14.4 Å². The molecule has 0 radical (unpaired) electrons. The highest BCUT2D eigenvalue weighted by molar-refractivity contribution is 6.30. The molecular formula is C29H37ClN2O4. The van der Waals surface area contributed by atoms with Crippen molar-refractivity contribution < 1.29 is 19.1 Å². The number of rotatable bonds is 6. The number of allylic oxidation sites excluding steroid dienone is 4. The van der Waals surface area contributed by atoms with Gasteiger partial charge in [0, 0.05) is 65.5 Å². The molecule has 1 aromatic carbocycles. The van der Waals surface area contributed by atoms with Crippen molar-refractivity contribution in [3.63, 3.8) is 0 Å². The van der Waals surface area contributed by atoms with E-state index in [9.17, 15) is 14.4 Å². The van der Waals surface area contributed by atoms with E-state index >= 15 is 0 Å². The van der Waals surface area contributed by atoms with Crippen LogP contribution in [0.4, 0.5) is 0 Å². The van der Waals surface area contributed by atoms with Crippen molar-refractivity contribution in [1.82, 2.24) is 10.2 Å². The Morgan fingerprint density at radius 1 is 1.03 bits per heavy atom. The second kappa shape index (κ2) is 9.70. The number of amides is 1. The van der Waals surface area contributed by atoms with Gasteiger partial charge in [-0.25, -0.2) is 0 Å². The SMILES string of the molecule is CCCN1C2=C(C(=O)CC(C)(C)C2)C(c2cc(Cl)ccc2OCC(=O)NC)C2=C1CC(C)(C)CC2=O. The number of likely N-dealkylation sites (N-methyl/N-ethyl adjacent to an activating group) is 1. The number of nitrogens with one attached hydrogen (secondary N) is 1. The molecule has 194 valence electrons. The third-order valence-corrected chi connectivity index (χ3v) is 7.62. The lowest BCUT2D eigenvalue weighted by molar-refractivity contribution is -0.123. The number of ether oxygens (including phenoxy) is 1. The maximum Gasteiger partial charge on any atom is 0.257 e. The Bertz CT molecular complexity index is 1120. The fourth-order valence-corrected chi connectivity index (χ4v) is 6.12. The molecule has 6 nitrogen and oxygen atoms in total. The lowest BCUT2D eigenvalue weighted by Crippen LogP contribution is -2.44. The van der Waals surface area contributed by atoms with E-state index in [1.165, 1.54) is 0 Å². The molecule has 1 amide bonds. The molecule has 0 atom stereocenters. The Balaban J connectivity index is 1.98. The van der Waals surface area contributed by atoms with Crippen molar-refractivity contribution in [3.05, 3.63) is 51.3 Å². The number of carbonyl (C=O) groups is 3. The van der Waals surface area contributed by atoms with Crippen LogP contribution in [-0.2, 0) is 14.4 Å². The van der Waals surface area contributed by atoms with Gasteiger partial charge in [0.05, 0.1) is 0 Å². The van der Waals surface area contributed by atoms with Crippen LogP contribution in [-0.4, -0.2) is 42.6 Å². The largest absolute Gasteiger partial charge is 0.483 e. The Kier molecular flexibility index (Phi) is 7.13. The predicted molar refractivity (Wildman–Crippen MR) is 141 cm³/mol. The standard InChI is InChI=1S/C29H37ClN2O4/c1-7-10-32-19-12-28(2,3)14-21(33)26(19)25(27-20(32)13-29(4,5)15-22(27)34)18-11-17(30)8-9-23(18)36-16-24(35)31-6/h8-9,11,25H,7,10,12-16H2,1-6H3,(H,31,35). The summed E-state index contributed by atoms with van der Waals surface area (Å²) in [5, 5.41) is 3.06. The van der Waals surface area contributed by atoms with Crippen molar-refractivity contribution in [1.29, 1.82) is 0 Å². The van der Waals surface area contributed by atoms with Gasteiger partial charge in [0.25, 0.3) is 5.91 Å². The third kappa shape index (κ3) is 4.97. The highest BCUT2D eigenvalue weighted by atomic mass is 35.5. The van der Waals surface area contributed by atoms with Gasteiger partial charge < -0.3 is 15.0 Å². The predicted octanol–water partition coefficient (Wildman–Crippen LogP) is 5.56. The number of halogens is 1. The van der Waals surface area contributed by atoms with E-state index in [2.05, 4.69) is 44.8 Å². The first-order valence-electron chi connectivity index (χ1n) is 12.8. The molecule has 4 rings (SSSR count). The van der Waals surface area contributed by atoms with Crippen LogP contribution in [0.5, 0.6) is 5.75 Å². The van der Waals surface area contributed by atoms with Crippen LogP contribution < -0.4 is 10.1 Å². The molecule has 36 heavy (non-hydrogen) atoms. The quantitative estimate of drug-likeness (QED) is 0.540. The summed E-state index contributed by atoms with van der Waals surface area (Å²) in [5.74, 6) is -0.235. The maximum atomic E-state index is 13.8. The van der Waals surface area contributed by atoms with Gasteiger partial charge in [-0.15, -0.1) is 0 Å². The zero-order chi connectivity index (χ0) is 26.4. The average Bonchev–Trinajstić information content (AvgIpc) is 2.77. The fourth-order valence-electron chi connectivity index (χ4n) is 5.94. The molecule has 1 aliphatic heterocycles. The Hall–Kier alpha value is -2.60. The maximum absolute atomic E-state index is 13.8. The first-order chi connectivity index (χ1) is 16.9. The zero-order valence-electron chi connectivity index (χ0n) is 22.2. The number of nitrogens with zero attached hydrogens (tertiary/aromatic N) is 1. The van der Waals surface area contributed by atoms with E-state index in [-0.39, 0.29) is 34.9 Å². The topological polar surface area (TPSA) is 75.7 Å². The van der Waals surface area contributed by atoms with E-state index in [0.717, 1.165) is 37.2 Å². The van der Waals surface area contributed by atoms with Crippen molar-refractivity contribution >= 4 is 29.1 Å². The molecule has 1 heterocycles. The van der Waals surface area contributed by atoms with Crippen molar-refractivity contribution in [2.45, 2.75) is 72.6 Å². The Morgan fingerprint density at radius 2 is 1.58 bits per heavy atom. The molecule has 0 unspecified atom stereocenters. The summed E-state index contributed by atoms with van der Waals surface area (Å²) in [5.41, 5.74) is 3.72. The highest BCUT2D eigenvalue weighted by Crippen LogP contribution is 2.55. The number of hydrogen-bond acceptors (Lipinski definition) is 5. The molecule has 1 N–H and O–H groups in total. The minimum absolute atomic E-state index is 0.0637. The smallest absolute Gasteiger partial charge is 0.257 e. The van der Waals surface area contributed by atoms with Crippen LogP contribution in [0.1, 0.15) is 78.2 Å². The van der Waals surface area contributed by atoms with E-state index in [0.29, 0.717) is 40.3 Å². The molecule has 0 fully saturated rings. The minimum Gasteiger partial charge on any atom is -0.483 e. The highest BCUT2D eigenvalue weighted by Gasteiger charge is 2.49. The summed E-state index contributed by atoms with van der Waals surface area (Å²) in [6, 6.07) is 5.22. The van der Waals surface area contributed by atoms with Crippen LogP contribution >= 0.6 is 11.6 Å². The molecule has 3 aliphatic rings. The van der Waals surface area contributed by atoms with E-state index < -0.39 is 5.92 Å². The van der Waals surface area contributed by atoms with Crippen molar-refractivity contribution in [2.75, 3.05) is 20.2 Å². The number of hydrogen-bond donors (Lipinski definition) is 1. The summed E-state index contributed by atoms with van der Waals surface area (Å²) >= 11 is 6.47. The van der Waals surface area contributed by atoms with Gasteiger partial charge in [0.15, 0.2) is 18.2 Å². The molecule has 0 aromatic heterocycles. The molecule has 7 heteroatoms. The van der Waals surface area contributed by atoms with E-state index in [1.807, 2.05) is 0 Å².